The Bertz CT molecular complexity index is 673. The summed E-state index contributed by atoms with van der Waals surface area (Å²) in [6, 6.07) is 9.68. The first-order valence-electron chi connectivity index (χ1n) is 7.71. The molecule has 2 aromatic rings. The number of ether oxygens (including phenoxy) is 1. The molecular formula is C17H21N3O3S. The summed E-state index contributed by atoms with van der Waals surface area (Å²) in [5.41, 5.74) is 2.12. The van der Waals surface area contributed by atoms with Gasteiger partial charge in [0.1, 0.15) is 11.6 Å². The number of hydrogen-bond donors (Lipinski definition) is 2. The Kier molecular flexibility index (Phi) is 6.74. The molecule has 0 aliphatic rings. The van der Waals surface area contributed by atoms with Gasteiger partial charge < -0.3 is 15.4 Å². The number of rotatable bonds is 7. The monoisotopic (exact) mass is 347 g/mol. The topological polar surface area (TPSA) is 80.3 Å². The molecule has 24 heavy (non-hydrogen) atoms. The summed E-state index contributed by atoms with van der Waals surface area (Å²) in [4.78, 5) is 27.8. The highest BCUT2D eigenvalue weighted by atomic mass is 32.1. The minimum Gasteiger partial charge on any atom is -0.453 e. The van der Waals surface area contributed by atoms with Gasteiger partial charge >= 0.3 is 6.09 Å². The van der Waals surface area contributed by atoms with Crippen LogP contribution in [0.1, 0.15) is 29.2 Å². The van der Waals surface area contributed by atoms with E-state index in [-0.39, 0.29) is 18.5 Å². The first kappa shape index (κ1) is 17.9. The molecule has 1 heterocycles. The minimum absolute atomic E-state index is 0.135. The van der Waals surface area contributed by atoms with Crippen LogP contribution in [-0.2, 0) is 22.4 Å². The van der Waals surface area contributed by atoms with Crippen molar-refractivity contribution in [2.75, 3.05) is 13.7 Å². The van der Waals surface area contributed by atoms with Crippen molar-refractivity contribution in [1.29, 1.82) is 0 Å². The molecule has 1 atom stereocenters. The summed E-state index contributed by atoms with van der Waals surface area (Å²) in [6.07, 6.45) is 0.862. The molecule has 1 aromatic carbocycles. The third-order valence-corrected chi connectivity index (χ3v) is 4.43. The molecule has 2 N–H and O–H groups in total. The molecule has 0 spiro atoms. The van der Waals surface area contributed by atoms with Crippen molar-refractivity contribution in [3.63, 3.8) is 0 Å². The van der Waals surface area contributed by atoms with Crippen LogP contribution in [-0.4, -0.2) is 30.6 Å². The molecule has 6 nitrogen and oxygen atoms in total. The van der Waals surface area contributed by atoms with Gasteiger partial charge in [-0.15, -0.1) is 11.3 Å². The lowest BCUT2D eigenvalue weighted by Crippen LogP contribution is -2.39. The quantitative estimate of drug-likeness (QED) is 0.806. The molecule has 0 bridgehead atoms. The van der Waals surface area contributed by atoms with E-state index in [1.165, 1.54) is 18.4 Å². The second-order valence-electron chi connectivity index (χ2n) is 5.19. The fourth-order valence-electron chi connectivity index (χ4n) is 2.16. The minimum atomic E-state index is -0.632. The lowest BCUT2D eigenvalue weighted by atomic mass is 10.1. The van der Waals surface area contributed by atoms with Crippen LogP contribution < -0.4 is 10.6 Å². The van der Waals surface area contributed by atoms with E-state index in [0.717, 1.165) is 22.7 Å². The van der Waals surface area contributed by atoms with E-state index in [2.05, 4.69) is 20.4 Å². The third-order valence-electron chi connectivity index (χ3n) is 3.43. The number of thiazole rings is 1. The third kappa shape index (κ3) is 5.34. The van der Waals surface area contributed by atoms with Crippen LogP contribution >= 0.6 is 11.3 Å². The summed E-state index contributed by atoms with van der Waals surface area (Å²) in [5, 5.41) is 8.19. The highest BCUT2D eigenvalue weighted by Gasteiger charge is 2.19. The summed E-state index contributed by atoms with van der Waals surface area (Å²) in [7, 11) is 1.26. The largest absolute Gasteiger partial charge is 0.453 e. The van der Waals surface area contributed by atoms with Crippen LogP contribution in [0.5, 0.6) is 0 Å². The Morgan fingerprint density at radius 3 is 2.67 bits per heavy atom. The van der Waals surface area contributed by atoms with Gasteiger partial charge in [0.25, 0.3) is 0 Å². The lowest BCUT2D eigenvalue weighted by molar-refractivity contribution is -0.120. The number of benzene rings is 1. The molecule has 1 aromatic heterocycles. The number of aromatic nitrogens is 1. The Hall–Kier alpha value is -2.41. The maximum absolute atomic E-state index is 12.1. The Morgan fingerprint density at radius 1 is 1.29 bits per heavy atom. The van der Waals surface area contributed by atoms with E-state index in [1.807, 2.05) is 42.6 Å². The van der Waals surface area contributed by atoms with Crippen molar-refractivity contribution in [3.05, 3.63) is 52.0 Å². The van der Waals surface area contributed by atoms with E-state index < -0.39 is 6.09 Å². The molecule has 2 amide bonds. The second kappa shape index (κ2) is 9.02. The number of nitrogens with one attached hydrogen (secondary N) is 2. The van der Waals surface area contributed by atoms with Crippen LogP contribution in [0.2, 0.25) is 0 Å². The molecule has 128 valence electrons. The first-order chi connectivity index (χ1) is 11.6. The van der Waals surface area contributed by atoms with Crippen LogP contribution in [0.15, 0.2) is 35.7 Å². The van der Waals surface area contributed by atoms with Crippen LogP contribution in [0.25, 0.3) is 0 Å². The van der Waals surface area contributed by atoms with Gasteiger partial charge in [-0.1, -0.05) is 37.3 Å². The fraction of sp³-hybridized carbons (Fsp3) is 0.353. The Labute approximate surface area is 145 Å². The zero-order valence-electron chi connectivity index (χ0n) is 13.7. The van der Waals surface area contributed by atoms with Crippen molar-refractivity contribution in [1.82, 2.24) is 15.6 Å². The highest BCUT2D eigenvalue weighted by Crippen LogP contribution is 2.22. The molecule has 0 fully saturated rings. The first-order valence-corrected chi connectivity index (χ1v) is 8.59. The zero-order chi connectivity index (χ0) is 17.4. The maximum atomic E-state index is 12.1. The van der Waals surface area contributed by atoms with Crippen molar-refractivity contribution in [3.8, 4) is 0 Å². The number of amides is 2. The number of alkyl carbamates (subject to hydrolysis) is 1. The SMILES string of the molecule is CCc1csc([C@H](Cc2ccccc2)NC(=O)CNC(=O)OC)n1. The number of methoxy groups -OCH3 is 1. The van der Waals surface area contributed by atoms with Gasteiger partial charge in [-0.25, -0.2) is 9.78 Å². The lowest BCUT2D eigenvalue weighted by Gasteiger charge is -2.17. The molecule has 0 saturated heterocycles. The van der Waals surface area contributed by atoms with E-state index in [1.54, 1.807) is 0 Å². The van der Waals surface area contributed by atoms with E-state index in [9.17, 15) is 9.59 Å². The standard InChI is InChI=1S/C17H21N3O3S/c1-3-13-11-24-16(19-13)14(9-12-7-5-4-6-8-12)20-15(21)10-18-17(22)23-2/h4-8,11,14H,3,9-10H2,1-2H3,(H,18,22)(H,20,21)/t14-/m0/s1. The molecule has 0 unspecified atom stereocenters. The summed E-state index contributed by atoms with van der Waals surface area (Å²) in [5.74, 6) is -0.283. The number of carbonyl (C=O) groups is 2. The van der Waals surface area contributed by atoms with Gasteiger partial charge in [0, 0.05) is 5.38 Å². The normalized spacial score (nSPS) is 11.6. The summed E-state index contributed by atoms with van der Waals surface area (Å²) in [6.45, 7) is 1.91. The van der Waals surface area contributed by atoms with Gasteiger partial charge in [-0.2, -0.15) is 0 Å². The van der Waals surface area contributed by atoms with E-state index in [4.69, 9.17) is 0 Å². The van der Waals surface area contributed by atoms with Crippen LogP contribution in [0.4, 0.5) is 4.79 Å². The van der Waals surface area contributed by atoms with Crippen molar-refractivity contribution < 1.29 is 14.3 Å². The predicted octanol–water partition coefficient (Wildman–Crippen LogP) is 2.46. The Balaban J connectivity index is 2.07. The van der Waals surface area contributed by atoms with Crippen molar-refractivity contribution >= 4 is 23.3 Å². The molecular weight excluding hydrogens is 326 g/mol. The molecule has 0 aliphatic heterocycles. The van der Waals surface area contributed by atoms with Crippen molar-refractivity contribution in [2.24, 2.45) is 0 Å². The van der Waals surface area contributed by atoms with Gasteiger partial charge in [0.05, 0.1) is 18.8 Å². The summed E-state index contributed by atoms with van der Waals surface area (Å²) < 4.78 is 4.46. The summed E-state index contributed by atoms with van der Waals surface area (Å²) >= 11 is 1.53. The maximum Gasteiger partial charge on any atom is 0.407 e. The predicted molar refractivity (Wildman–Crippen MR) is 92.9 cm³/mol. The molecule has 0 radical (unpaired) electrons. The van der Waals surface area contributed by atoms with Crippen molar-refractivity contribution in [2.45, 2.75) is 25.8 Å². The zero-order valence-corrected chi connectivity index (χ0v) is 14.6. The number of hydrogen-bond acceptors (Lipinski definition) is 5. The van der Waals surface area contributed by atoms with Gasteiger partial charge in [0.15, 0.2) is 0 Å². The van der Waals surface area contributed by atoms with Crippen LogP contribution in [0, 0.1) is 0 Å². The number of carbonyl (C=O) groups excluding carboxylic acids is 2. The smallest absolute Gasteiger partial charge is 0.407 e. The average Bonchev–Trinajstić information content (AvgIpc) is 3.09. The van der Waals surface area contributed by atoms with Gasteiger partial charge in [0.2, 0.25) is 5.91 Å². The number of aryl methyl sites for hydroxylation is 1. The molecule has 7 heteroatoms. The molecule has 0 saturated carbocycles. The fourth-order valence-corrected chi connectivity index (χ4v) is 3.12. The van der Waals surface area contributed by atoms with Gasteiger partial charge in [-0.3, -0.25) is 4.79 Å². The highest BCUT2D eigenvalue weighted by molar-refractivity contribution is 7.09. The average molecular weight is 347 g/mol. The van der Waals surface area contributed by atoms with Crippen LogP contribution in [0.3, 0.4) is 0 Å². The Morgan fingerprint density at radius 2 is 2.04 bits per heavy atom. The number of nitrogens with zero attached hydrogens (tertiary/aromatic N) is 1. The van der Waals surface area contributed by atoms with Gasteiger partial charge in [-0.05, 0) is 18.4 Å². The van der Waals surface area contributed by atoms with E-state index in [0.29, 0.717) is 6.42 Å². The van der Waals surface area contributed by atoms with E-state index >= 15 is 0 Å². The molecule has 2 rings (SSSR count). The second-order valence-corrected chi connectivity index (χ2v) is 6.08. The molecule has 0 aliphatic carbocycles.